The highest BCUT2D eigenvalue weighted by molar-refractivity contribution is 7.89. The molecule has 0 atom stereocenters. The van der Waals surface area contributed by atoms with Crippen molar-refractivity contribution in [2.75, 3.05) is 14.1 Å². The molecular formula is C19H23N5O4S. The van der Waals surface area contributed by atoms with Gasteiger partial charge in [0.05, 0.1) is 27.8 Å². The largest absolute Gasteiger partial charge is 0.453 e. The van der Waals surface area contributed by atoms with E-state index in [0.717, 1.165) is 16.2 Å². The van der Waals surface area contributed by atoms with E-state index in [9.17, 15) is 13.2 Å². The second-order valence-electron chi connectivity index (χ2n) is 6.74. The van der Waals surface area contributed by atoms with Crippen molar-refractivity contribution in [3.05, 3.63) is 47.8 Å². The fourth-order valence-electron chi connectivity index (χ4n) is 2.82. The Labute approximate surface area is 169 Å². The molecule has 3 rings (SSSR count). The zero-order valence-corrected chi connectivity index (χ0v) is 17.6. The molecule has 2 aromatic heterocycles. The molecule has 0 saturated carbocycles. The maximum atomic E-state index is 12.4. The minimum atomic E-state index is -3.57. The highest BCUT2D eigenvalue weighted by atomic mass is 32.2. The van der Waals surface area contributed by atoms with E-state index in [4.69, 9.17) is 4.74 Å². The number of rotatable bonds is 7. The summed E-state index contributed by atoms with van der Waals surface area (Å²) in [7, 11) is -0.606. The first-order valence-electron chi connectivity index (χ1n) is 9.11. The maximum absolute atomic E-state index is 12.4. The number of imidazole rings is 1. The number of hydrogen-bond donors (Lipinski definition) is 0. The Kier molecular flexibility index (Phi) is 5.94. The van der Waals surface area contributed by atoms with Crippen LogP contribution in [0.15, 0.2) is 35.5 Å². The van der Waals surface area contributed by atoms with Crippen LogP contribution in [-0.4, -0.2) is 52.3 Å². The monoisotopic (exact) mass is 417 g/mol. The molecule has 0 spiro atoms. The van der Waals surface area contributed by atoms with Gasteiger partial charge in [-0.3, -0.25) is 4.98 Å². The molecule has 1 aromatic carbocycles. The minimum Gasteiger partial charge on any atom is -0.453 e. The number of esters is 1. The number of benzene rings is 1. The molecule has 9 nitrogen and oxygen atoms in total. The van der Waals surface area contributed by atoms with E-state index >= 15 is 0 Å². The molecule has 0 aliphatic heterocycles. The quantitative estimate of drug-likeness (QED) is 0.542. The van der Waals surface area contributed by atoms with Gasteiger partial charge in [-0.15, -0.1) is 0 Å². The second-order valence-corrected chi connectivity index (χ2v) is 8.89. The second kappa shape index (κ2) is 8.26. The normalized spacial score (nSPS) is 11.9. The third-order valence-corrected chi connectivity index (χ3v) is 6.16. The Hall–Kier alpha value is -2.85. The molecule has 0 saturated heterocycles. The molecule has 3 aromatic rings. The summed E-state index contributed by atoms with van der Waals surface area (Å²) >= 11 is 0. The molecule has 0 aliphatic carbocycles. The van der Waals surface area contributed by atoms with Crippen molar-refractivity contribution in [2.45, 2.75) is 38.3 Å². The molecule has 0 fully saturated rings. The van der Waals surface area contributed by atoms with E-state index in [-0.39, 0.29) is 17.2 Å². The van der Waals surface area contributed by atoms with Crippen LogP contribution < -0.4 is 0 Å². The van der Waals surface area contributed by atoms with Crippen molar-refractivity contribution in [1.82, 2.24) is 23.8 Å². The van der Waals surface area contributed by atoms with Crippen LogP contribution in [0.5, 0.6) is 0 Å². The molecule has 154 valence electrons. The van der Waals surface area contributed by atoms with E-state index < -0.39 is 16.0 Å². The SMILES string of the molecule is CCCn1c(COC(=O)c2cnc(C)cn2)nc2cc(S(=O)(=O)N(C)C)ccc21. The first kappa shape index (κ1) is 20.9. The van der Waals surface area contributed by atoms with Gasteiger partial charge in [0.15, 0.2) is 5.69 Å². The Balaban J connectivity index is 1.91. The number of aryl methyl sites for hydroxylation is 2. The molecular weight excluding hydrogens is 394 g/mol. The lowest BCUT2D eigenvalue weighted by Crippen LogP contribution is -2.22. The van der Waals surface area contributed by atoms with Crippen molar-refractivity contribution >= 4 is 27.0 Å². The lowest BCUT2D eigenvalue weighted by atomic mass is 10.3. The van der Waals surface area contributed by atoms with Gasteiger partial charge in [-0.25, -0.2) is 27.5 Å². The van der Waals surface area contributed by atoms with Gasteiger partial charge < -0.3 is 9.30 Å². The molecule has 10 heteroatoms. The Morgan fingerprint density at radius 3 is 2.59 bits per heavy atom. The van der Waals surface area contributed by atoms with Gasteiger partial charge in [0.25, 0.3) is 0 Å². The molecule has 29 heavy (non-hydrogen) atoms. The number of aromatic nitrogens is 4. The van der Waals surface area contributed by atoms with E-state index in [1.54, 1.807) is 19.1 Å². The van der Waals surface area contributed by atoms with Gasteiger partial charge in [-0.05, 0) is 31.5 Å². The summed E-state index contributed by atoms with van der Waals surface area (Å²) in [4.78, 5) is 25.0. The van der Waals surface area contributed by atoms with Crippen LogP contribution in [0.4, 0.5) is 0 Å². The zero-order valence-electron chi connectivity index (χ0n) is 16.8. The predicted octanol–water partition coefficient (Wildman–Crippen LogP) is 2.15. The first-order valence-corrected chi connectivity index (χ1v) is 10.6. The van der Waals surface area contributed by atoms with E-state index in [1.807, 2.05) is 11.5 Å². The fourth-order valence-corrected chi connectivity index (χ4v) is 3.74. The van der Waals surface area contributed by atoms with E-state index in [2.05, 4.69) is 15.0 Å². The molecule has 2 heterocycles. The smallest absolute Gasteiger partial charge is 0.358 e. The Morgan fingerprint density at radius 2 is 1.97 bits per heavy atom. The number of carbonyl (C=O) groups excluding carboxylic acids is 1. The van der Waals surface area contributed by atoms with Crippen molar-refractivity contribution in [1.29, 1.82) is 0 Å². The van der Waals surface area contributed by atoms with Crippen LogP contribution in [0.3, 0.4) is 0 Å². The number of sulfonamides is 1. The summed E-state index contributed by atoms with van der Waals surface area (Å²) in [5.41, 5.74) is 2.14. The van der Waals surface area contributed by atoms with Crippen LogP contribution in [0.2, 0.25) is 0 Å². The number of fused-ring (bicyclic) bond motifs is 1. The van der Waals surface area contributed by atoms with Gasteiger partial charge in [-0.1, -0.05) is 6.92 Å². The summed E-state index contributed by atoms with van der Waals surface area (Å²) in [6.45, 7) is 4.40. The topological polar surface area (TPSA) is 107 Å². The summed E-state index contributed by atoms with van der Waals surface area (Å²) in [5, 5.41) is 0. The fraction of sp³-hybridized carbons (Fsp3) is 0.368. The lowest BCUT2D eigenvalue weighted by molar-refractivity contribution is 0.0451. The van der Waals surface area contributed by atoms with Crippen molar-refractivity contribution in [2.24, 2.45) is 0 Å². The minimum absolute atomic E-state index is 0.0567. The average Bonchev–Trinajstić information content (AvgIpc) is 3.03. The highest BCUT2D eigenvalue weighted by Crippen LogP contribution is 2.23. The zero-order chi connectivity index (χ0) is 21.2. The third kappa shape index (κ3) is 4.28. The first-order chi connectivity index (χ1) is 13.7. The van der Waals surface area contributed by atoms with Crippen molar-refractivity contribution in [3.8, 4) is 0 Å². The van der Waals surface area contributed by atoms with Crippen molar-refractivity contribution in [3.63, 3.8) is 0 Å². The van der Waals surface area contributed by atoms with E-state index in [0.29, 0.717) is 23.6 Å². The standard InChI is InChI=1S/C19H23N5O4S/c1-5-8-24-17-7-6-14(29(26,27)23(3)4)9-15(17)22-18(24)12-28-19(25)16-11-20-13(2)10-21-16/h6-7,9-11H,5,8,12H2,1-4H3. The van der Waals surface area contributed by atoms with Gasteiger partial charge >= 0.3 is 5.97 Å². The molecule has 0 unspecified atom stereocenters. The Bertz CT molecular complexity index is 1140. The molecule has 0 radical (unpaired) electrons. The van der Waals surface area contributed by atoms with Crippen LogP contribution >= 0.6 is 0 Å². The molecule has 0 bridgehead atoms. The number of nitrogens with zero attached hydrogens (tertiary/aromatic N) is 5. The summed E-state index contributed by atoms with van der Waals surface area (Å²) in [5.74, 6) is -0.0573. The average molecular weight is 417 g/mol. The van der Waals surface area contributed by atoms with Crippen LogP contribution in [0.1, 0.15) is 35.4 Å². The molecule has 0 amide bonds. The Morgan fingerprint density at radius 1 is 1.21 bits per heavy atom. The lowest BCUT2D eigenvalue weighted by Gasteiger charge is -2.11. The molecule has 0 aliphatic rings. The van der Waals surface area contributed by atoms with Crippen LogP contribution in [0.25, 0.3) is 11.0 Å². The molecule has 0 N–H and O–H groups in total. The summed E-state index contributed by atoms with van der Waals surface area (Å²) < 4.78 is 33.2. The van der Waals surface area contributed by atoms with Gasteiger partial charge in [0.1, 0.15) is 12.4 Å². The summed E-state index contributed by atoms with van der Waals surface area (Å²) in [6, 6.07) is 4.82. The van der Waals surface area contributed by atoms with Gasteiger partial charge in [0, 0.05) is 26.8 Å². The van der Waals surface area contributed by atoms with Crippen LogP contribution in [-0.2, 0) is 27.9 Å². The highest BCUT2D eigenvalue weighted by Gasteiger charge is 2.20. The van der Waals surface area contributed by atoms with Gasteiger partial charge in [-0.2, -0.15) is 0 Å². The van der Waals surface area contributed by atoms with Crippen molar-refractivity contribution < 1.29 is 17.9 Å². The van der Waals surface area contributed by atoms with E-state index in [1.165, 1.54) is 32.6 Å². The number of ether oxygens (including phenoxy) is 1. The maximum Gasteiger partial charge on any atom is 0.358 e. The summed E-state index contributed by atoms with van der Waals surface area (Å²) in [6.07, 6.45) is 3.70. The number of hydrogen-bond acceptors (Lipinski definition) is 7. The van der Waals surface area contributed by atoms with Crippen LogP contribution in [0, 0.1) is 6.92 Å². The number of carbonyl (C=O) groups is 1. The van der Waals surface area contributed by atoms with Gasteiger partial charge in [0.2, 0.25) is 10.0 Å². The predicted molar refractivity (Wildman–Crippen MR) is 107 cm³/mol. The third-order valence-electron chi connectivity index (χ3n) is 4.35.